The van der Waals surface area contributed by atoms with E-state index in [9.17, 15) is 0 Å². The number of nitrogens with two attached hydrogens (primary N) is 3. The normalized spacial score (nSPS) is 11.3. The Morgan fingerprint density at radius 2 is 1.55 bits per heavy atom. The third kappa shape index (κ3) is 4.39. The maximum absolute atomic E-state index is 6.41. The minimum absolute atomic E-state index is 0.388. The van der Waals surface area contributed by atoms with E-state index < -0.39 is 0 Å². The van der Waals surface area contributed by atoms with Gasteiger partial charge in [-0.05, 0) is 23.1 Å². The lowest BCUT2D eigenvalue weighted by Gasteiger charge is -2.14. The molecule has 6 nitrogen and oxygen atoms in total. The Kier molecular flexibility index (Phi) is 6.18. The standard InChI is InChI=1S/C25H30N6/c1-2-3-9-21-29-22-23(31(21)16-19-7-5-4-6-8-19)20(24(27)30-25(22)28)14-17-10-12-18(15-26)13-11-17/h4-8,10-13H,2-3,9,14-16,26H2,1H3,(H4,27,28,30). The Balaban J connectivity index is 1.86. The van der Waals surface area contributed by atoms with Gasteiger partial charge in [0.25, 0.3) is 0 Å². The number of imidazole rings is 1. The first kappa shape index (κ1) is 20.9. The van der Waals surface area contributed by atoms with Gasteiger partial charge in [0.15, 0.2) is 5.82 Å². The molecule has 2 heterocycles. The van der Waals surface area contributed by atoms with Gasteiger partial charge in [-0.1, -0.05) is 67.9 Å². The highest BCUT2D eigenvalue weighted by Crippen LogP contribution is 2.31. The van der Waals surface area contributed by atoms with Crippen LogP contribution in [0.3, 0.4) is 0 Å². The van der Waals surface area contributed by atoms with Gasteiger partial charge in [-0.2, -0.15) is 0 Å². The predicted octanol–water partition coefficient (Wildman–Crippen LogP) is 4.04. The molecule has 0 amide bonds. The average Bonchev–Trinajstić information content (AvgIpc) is 3.15. The zero-order valence-electron chi connectivity index (χ0n) is 18.0. The smallest absolute Gasteiger partial charge is 0.154 e. The number of rotatable bonds is 8. The lowest BCUT2D eigenvalue weighted by atomic mass is 10.0. The van der Waals surface area contributed by atoms with Crippen LogP contribution in [0.25, 0.3) is 11.0 Å². The van der Waals surface area contributed by atoms with Crippen molar-refractivity contribution >= 4 is 22.7 Å². The Morgan fingerprint density at radius 1 is 0.839 bits per heavy atom. The molecule has 4 aromatic rings. The van der Waals surface area contributed by atoms with E-state index in [0.717, 1.165) is 59.4 Å². The molecule has 0 aliphatic rings. The average molecular weight is 415 g/mol. The molecule has 0 radical (unpaired) electrons. The number of hydrogen-bond acceptors (Lipinski definition) is 5. The Bertz CT molecular complexity index is 1160. The minimum Gasteiger partial charge on any atom is -0.383 e. The molecule has 4 rings (SSSR count). The van der Waals surface area contributed by atoms with Crippen molar-refractivity contribution < 1.29 is 0 Å². The first-order valence-corrected chi connectivity index (χ1v) is 10.9. The van der Waals surface area contributed by atoms with E-state index in [1.807, 2.05) is 6.07 Å². The molecule has 6 N–H and O–H groups in total. The summed E-state index contributed by atoms with van der Waals surface area (Å²) in [6, 6.07) is 18.7. The summed E-state index contributed by atoms with van der Waals surface area (Å²) in [5, 5.41) is 0. The van der Waals surface area contributed by atoms with Crippen LogP contribution in [0.4, 0.5) is 11.6 Å². The molecule has 0 bridgehead atoms. The maximum Gasteiger partial charge on any atom is 0.154 e. The molecule has 0 unspecified atom stereocenters. The van der Waals surface area contributed by atoms with Gasteiger partial charge in [-0.15, -0.1) is 0 Å². The van der Waals surface area contributed by atoms with Crippen molar-refractivity contribution in [2.24, 2.45) is 5.73 Å². The van der Waals surface area contributed by atoms with Crippen LogP contribution in [-0.4, -0.2) is 14.5 Å². The van der Waals surface area contributed by atoms with Gasteiger partial charge < -0.3 is 21.8 Å². The van der Waals surface area contributed by atoms with Crippen molar-refractivity contribution in [3.63, 3.8) is 0 Å². The second-order valence-electron chi connectivity index (χ2n) is 7.96. The van der Waals surface area contributed by atoms with Crippen LogP contribution in [0.1, 0.15) is 47.8 Å². The largest absolute Gasteiger partial charge is 0.383 e. The lowest BCUT2D eigenvalue weighted by Crippen LogP contribution is -2.09. The van der Waals surface area contributed by atoms with Crippen molar-refractivity contribution in [1.29, 1.82) is 0 Å². The summed E-state index contributed by atoms with van der Waals surface area (Å²) in [5.74, 6) is 1.88. The summed E-state index contributed by atoms with van der Waals surface area (Å²) in [4.78, 5) is 9.35. The van der Waals surface area contributed by atoms with Crippen LogP contribution in [0.5, 0.6) is 0 Å². The molecule has 0 spiro atoms. The first-order valence-electron chi connectivity index (χ1n) is 10.9. The molecule has 6 heteroatoms. The second kappa shape index (κ2) is 9.18. The molecular weight excluding hydrogens is 384 g/mol. The highest BCUT2D eigenvalue weighted by molar-refractivity contribution is 5.91. The topological polar surface area (TPSA) is 109 Å². The van der Waals surface area contributed by atoms with E-state index in [2.05, 4.69) is 65.0 Å². The molecule has 2 aromatic heterocycles. The van der Waals surface area contributed by atoms with Crippen molar-refractivity contribution in [3.8, 4) is 0 Å². The Labute approximate surface area is 183 Å². The molecule has 31 heavy (non-hydrogen) atoms. The van der Waals surface area contributed by atoms with Crippen LogP contribution in [-0.2, 0) is 25.9 Å². The monoisotopic (exact) mass is 414 g/mol. The van der Waals surface area contributed by atoms with Crippen molar-refractivity contribution in [2.45, 2.75) is 45.7 Å². The molecule has 0 atom stereocenters. The summed E-state index contributed by atoms with van der Waals surface area (Å²) in [7, 11) is 0. The Hall–Kier alpha value is -3.38. The van der Waals surface area contributed by atoms with Crippen molar-refractivity contribution in [2.75, 3.05) is 11.5 Å². The van der Waals surface area contributed by atoms with Gasteiger partial charge in [0.1, 0.15) is 17.2 Å². The number of aromatic nitrogens is 3. The number of aryl methyl sites for hydroxylation is 1. The molecule has 0 fully saturated rings. The van der Waals surface area contributed by atoms with Gasteiger partial charge in [-0.25, -0.2) is 9.97 Å². The highest BCUT2D eigenvalue weighted by Gasteiger charge is 2.20. The van der Waals surface area contributed by atoms with E-state index >= 15 is 0 Å². The van der Waals surface area contributed by atoms with Crippen LogP contribution in [0.15, 0.2) is 54.6 Å². The molecule has 160 valence electrons. The van der Waals surface area contributed by atoms with Crippen LogP contribution in [0.2, 0.25) is 0 Å². The van der Waals surface area contributed by atoms with E-state index in [1.54, 1.807) is 0 Å². The summed E-state index contributed by atoms with van der Waals surface area (Å²) < 4.78 is 2.28. The van der Waals surface area contributed by atoms with Gasteiger partial charge >= 0.3 is 0 Å². The predicted molar refractivity (Wildman–Crippen MR) is 128 cm³/mol. The van der Waals surface area contributed by atoms with Crippen LogP contribution < -0.4 is 17.2 Å². The first-order chi connectivity index (χ1) is 15.1. The van der Waals surface area contributed by atoms with Gasteiger partial charge in [0.05, 0.1) is 5.52 Å². The van der Waals surface area contributed by atoms with Gasteiger partial charge in [-0.3, -0.25) is 0 Å². The Morgan fingerprint density at radius 3 is 2.23 bits per heavy atom. The fourth-order valence-corrected chi connectivity index (χ4v) is 3.99. The maximum atomic E-state index is 6.41. The number of nitrogen functional groups attached to an aromatic ring is 2. The SMILES string of the molecule is CCCCc1nc2c(N)nc(N)c(Cc3ccc(CN)cc3)c2n1Cc1ccccc1. The zero-order valence-corrected chi connectivity index (χ0v) is 18.0. The number of fused-ring (bicyclic) bond motifs is 1. The number of nitrogens with zero attached hydrogens (tertiary/aromatic N) is 3. The third-order valence-electron chi connectivity index (χ3n) is 5.70. The van der Waals surface area contributed by atoms with Crippen molar-refractivity contribution in [1.82, 2.24) is 14.5 Å². The highest BCUT2D eigenvalue weighted by atomic mass is 15.1. The molecule has 0 saturated carbocycles. The quantitative estimate of drug-likeness (QED) is 0.403. The van der Waals surface area contributed by atoms with E-state index in [1.165, 1.54) is 5.56 Å². The van der Waals surface area contributed by atoms with Crippen LogP contribution >= 0.6 is 0 Å². The molecule has 0 aliphatic carbocycles. The van der Waals surface area contributed by atoms with E-state index in [0.29, 0.717) is 24.6 Å². The summed E-state index contributed by atoms with van der Waals surface area (Å²) >= 11 is 0. The third-order valence-corrected chi connectivity index (χ3v) is 5.70. The summed E-state index contributed by atoms with van der Waals surface area (Å²) in [5.41, 5.74) is 24.6. The molecule has 0 saturated heterocycles. The van der Waals surface area contributed by atoms with Crippen LogP contribution in [0, 0.1) is 0 Å². The fraction of sp³-hybridized carbons (Fsp3) is 0.280. The van der Waals surface area contributed by atoms with Gasteiger partial charge in [0.2, 0.25) is 0 Å². The van der Waals surface area contributed by atoms with Gasteiger partial charge in [0, 0.05) is 31.5 Å². The summed E-state index contributed by atoms with van der Waals surface area (Å²) in [6.45, 7) is 3.44. The number of pyridine rings is 1. The van der Waals surface area contributed by atoms with E-state index in [4.69, 9.17) is 22.2 Å². The van der Waals surface area contributed by atoms with E-state index in [-0.39, 0.29) is 0 Å². The second-order valence-corrected chi connectivity index (χ2v) is 7.96. The number of benzene rings is 2. The minimum atomic E-state index is 0.388. The zero-order chi connectivity index (χ0) is 21.8. The molecular formula is C25H30N6. The molecule has 2 aromatic carbocycles. The number of unbranched alkanes of at least 4 members (excludes halogenated alkanes) is 1. The van der Waals surface area contributed by atoms with Crippen molar-refractivity contribution in [3.05, 3.63) is 82.7 Å². The molecule has 0 aliphatic heterocycles. The fourth-order valence-electron chi connectivity index (χ4n) is 3.99. The summed E-state index contributed by atoms with van der Waals surface area (Å²) in [6.07, 6.45) is 3.72. The number of anilines is 2. The number of hydrogen-bond donors (Lipinski definition) is 3. The lowest BCUT2D eigenvalue weighted by molar-refractivity contribution is 0.689.